The molecule has 1 heterocycles. The molecule has 0 unspecified atom stereocenters. The van der Waals surface area contributed by atoms with Crippen LogP contribution in [0.5, 0.6) is 0 Å². The van der Waals surface area contributed by atoms with Crippen molar-refractivity contribution >= 4 is 34.7 Å². The van der Waals surface area contributed by atoms with E-state index in [1.54, 1.807) is 0 Å². The minimum Gasteiger partial charge on any atom is -0.245 e. The number of hydrogen-bond donors (Lipinski definition) is 0. The quantitative estimate of drug-likeness (QED) is 0.571. The van der Waals surface area contributed by atoms with Crippen molar-refractivity contribution in [2.24, 2.45) is 0 Å². The van der Waals surface area contributed by atoms with Gasteiger partial charge in [0.1, 0.15) is 5.01 Å². The van der Waals surface area contributed by atoms with Crippen molar-refractivity contribution in [1.29, 1.82) is 0 Å². The molecule has 0 saturated heterocycles. The molecule has 74 valence electrons. The summed E-state index contributed by atoms with van der Waals surface area (Å²) >= 11 is 9.31. The second-order valence-electron chi connectivity index (χ2n) is 2.84. The lowest BCUT2D eigenvalue weighted by Gasteiger charge is -1.95. The molecule has 0 aliphatic carbocycles. The van der Waals surface area contributed by atoms with Crippen molar-refractivity contribution in [1.82, 2.24) is 4.98 Å². The Bertz CT molecular complexity index is 241. The molecule has 0 bridgehead atoms. The molecule has 0 spiro atoms. The van der Waals surface area contributed by atoms with Crippen molar-refractivity contribution in [2.45, 2.75) is 26.0 Å². The Hall–Kier alpha value is 0.270. The van der Waals surface area contributed by atoms with Crippen LogP contribution < -0.4 is 0 Å². The van der Waals surface area contributed by atoms with Crippen molar-refractivity contribution in [3.63, 3.8) is 0 Å². The number of alkyl halides is 1. The van der Waals surface area contributed by atoms with Crippen molar-refractivity contribution in [2.75, 3.05) is 11.6 Å². The Morgan fingerprint density at radius 1 is 1.46 bits per heavy atom. The first kappa shape index (κ1) is 11.3. The van der Waals surface area contributed by atoms with Gasteiger partial charge in [0.25, 0.3) is 0 Å². The summed E-state index contributed by atoms with van der Waals surface area (Å²) in [5.74, 6) is 2.94. The maximum atomic E-state index is 5.59. The molecular weight excluding hydrogens is 222 g/mol. The molecule has 0 aliphatic heterocycles. The Balaban J connectivity index is 2.29. The normalized spacial score (nSPS) is 10.7. The molecule has 0 saturated carbocycles. The minimum atomic E-state index is 0.767. The molecule has 0 N–H and O–H groups in total. The fraction of sp³-hybridized carbons (Fsp3) is 0.667. The van der Waals surface area contributed by atoms with Crippen LogP contribution in [0.3, 0.4) is 0 Å². The van der Waals surface area contributed by atoms with Crippen molar-refractivity contribution in [3.8, 4) is 0 Å². The number of hydrogen-bond acceptors (Lipinski definition) is 3. The average molecular weight is 236 g/mol. The summed E-state index contributed by atoms with van der Waals surface area (Å²) in [5, 5.41) is 1.24. The van der Waals surface area contributed by atoms with Gasteiger partial charge in [-0.2, -0.15) is 11.8 Å². The minimum absolute atomic E-state index is 0.767. The summed E-state index contributed by atoms with van der Waals surface area (Å²) in [5.41, 5.74) is 1.18. The predicted molar refractivity (Wildman–Crippen MR) is 63.1 cm³/mol. The van der Waals surface area contributed by atoms with Gasteiger partial charge < -0.3 is 0 Å². The summed E-state index contributed by atoms with van der Waals surface area (Å²) in [6.07, 6.45) is 1.09. The van der Waals surface area contributed by atoms with E-state index in [-0.39, 0.29) is 0 Å². The maximum Gasteiger partial charge on any atom is 0.103 e. The number of thioether (sulfide) groups is 1. The van der Waals surface area contributed by atoms with Crippen LogP contribution in [0.15, 0.2) is 0 Å². The van der Waals surface area contributed by atoms with Gasteiger partial charge in [0, 0.05) is 16.5 Å². The molecule has 1 nitrogen and oxygen atoms in total. The summed E-state index contributed by atoms with van der Waals surface area (Å²) in [4.78, 5) is 5.81. The third-order valence-electron chi connectivity index (χ3n) is 1.72. The molecule has 1 aromatic rings. The van der Waals surface area contributed by atoms with Gasteiger partial charge in [0.05, 0.1) is 5.69 Å². The zero-order chi connectivity index (χ0) is 9.68. The predicted octanol–water partition coefficient (Wildman–Crippen LogP) is 3.62. The second kappa shape index (κ2) is 5.89. The van der Waals surface area contributed by atoms with E-state index in [1.165, 1.54) is 15.6 Å². The topological polar surface area (TPSA) is 12.9 Å². The highest BCUT2D eigenvalue weighted by atomic mass is 35.5. The van der Waals surface area contributed by atoms with Gasteiger partial charge >= 0.3 is 0 Å². The first-order chi connectivity index (χ1) is 6.24. The lowest BCUT2D eigenvalue weighted by molar-refractivity contribution is 1.11. The van der Waals surface area contributed by atoms with E-state index in [9.17, 15) is 0 Å². The van der Waals surface area contributed by atoms with Crippen LogP contribution in [0.25, 0.3) is 0 Å². The second-order valence-corrected chi connectivity index (χ2v) is 5.62. The van der Waals surface area contributed by atoms with Gasteiger partial charge in [-0.25, -0.2) is 4.98 Å². The Morgan fingerprint density at radius 3 is 2.77 bits per heavy atom. The summed E-state index contributed by atoms with van der Waals surface area (Å²) in [7, 11) is 0. The van der Waals surface area contributed by atoms with Crippen LogP contribution in [-0.4, -0.2) is 16.6 Å². The van der Waals surface area contributed by atoms with Gasteiger partial charge in [-0.3, -0.25) is 0 Å². The Morgan fingerprint density at radius 2 is 2.23 bits per heavy atom. The summed E-state index contributed by atoms with van der Waals surface area (Å²) in [6, 6.07) is 0. The molecule has 0 atom stereocenters. The van der Waals surface area contributed by atoms with Gasteiger partial charge in [-0.15, -0.1) is 22.9 Å². The monoisotopic (exact) mass is 235 g/mol. The number of rotatable bonds is 5. The van der Waals surface area contributed by atoms with Crippen LogP contribution >= 0.6 is 34.7 Å². The number of thiazole rings is 1. The first-order valence-electron chi connectivity index (χ1n) is 4.30. The van der Waals surface area contributed by atoms with Crippen molar-refractivity contribution < 1.29 is 0 Å². The van der Waals surface area contributed by atoms with Crippen LogP contribution in [0.4, 0.5) is 0 Å². The van der Waals surface area contributed by atoms with E-state index in [0.717, 1.165) is 23.8 Å². The summed E-state index contributed by atoms with van der Waals surface area (Å²) < 4.78 is 0. The zero-order valence-corrected chi connectivity index (χ0v) is 10.4. The molecule has 0 aromatic carbocycles. The Kier molecular flexibility index (Phi) is 5.14. The lowest BCUT2D eigenvalue weighted by Crippen LogP contribution is -1.83. The molecule has 0 fully saturated rings. The van der Waals surface area contributed by atoms with E-state index in [1.807, 2.05) is 23.1 Å². The molecule has 0 radical (unpaired) electrons. The number of aromatic nitrogens is 1. The van der Waals surface area contributed by atoms with E-state index in [2.05, 4.69) is 18.8 Å². The van der Waals surface area contributed by atoms with Gasteiger partial charge in [0.15, 0.2) is 0 Å². The molecule has 13 heavy (non-hydrogen) atoms. The Labute approximate surface area is 92.9 Å². The van der Waals surface area contributed by atoms with Gasteiger partial charge in [0.2, 0.25) is 0 Å². The SMILES string of the molecule is Cc1nc(CSCCCCl)sc1C. The lowest BCUT2D eigenvalue weighted by atomic mass is 10.4. The third kappa shape index (κ3) is 3.88. The van der Waals surface area contributed by atoms with E-state index in [0.29, 0.717) is 0 Å². The van der Waals surface area contributed by atoms with Crippen LogP contribution in [0.1, 0.15) is 22.0 Å². The smallest absolute Gasteiger partial charge is 0.103 e. The number of halogens is 1. The maximum absolute atomic E-state index is 5.59. The van der Waals surface area contributed by atoms with E-state index < -0.39 is 0 Å². The first-order valence-corrected chi connectivity index (χ1v) is 6.81. The fourth-order valence-corrected chi connectivity index (χ4v) is 3.16. The van der Waals surface area contributed by atoms with Crippen LogP contribution in [-0.2, 0) is 5.75 Å². The van der Waals surface area contributed by atoms with Gasteiger partial charge in [-0.1, -0.05) is 0 Å². The largest absolute Gasteiger partial charge is 0.245 e. The van der Waals surface area contributed by atoms with Gasteiger partial charge in [-0.05, 0) is 26.0 Å². The molecule has 4 heteroatoms. The molecule has 0 amide bonds. The highest BCUT2D eigenvalue weighted by Gasteiger charge is 2.02. The number of aryl methyl sites for hydroxylation is 2. The third-order valence-corrected chi connectivity index (χ3v) is 4.30. The highest BCUT2D eigenvalue weighted by Crippen LogP contribution is 2.21. The average Bonchev–Trinajstić information content (AvgIpc) is 2.41. The molecule has 1 rings (SSSR count). The summed E-state index contributed by atoms with van der Waals surface area (Å²) in [6.45, 7) is 4.19. The standard InChI is InChI=1S/C9H14ClNS2/c1-7-8(2)13-9(11-7)6-12-5-3-4-10/h3-6H2,1-2H3. The number of nitrogens with zero attached hydrogens (tertiary/aromatic N) is 1. The molecule has 0 aliphatic rings. The van der Waals surface area contributed by atoms with Crippen molar-refractivity contribution in [3.05, 3.63) is 15.6 Å². The molecular formula is C9H14ClNS2. The van der Waals surface area contributed by atoms with E-state index in [4.69, 9.17) is 11.6 Å². The van der Waals surface area contributed by atoms with E-state index >= 15 is 0 Å². The van der Waals surface area contributed by atoms with Crippen LogP contribution in [0.2, 0.25) is 0 Å². The fourth-order valence-electron chi connectivity index (χ4n) is 0.917. The van der Waals surface area contributed by atoms with Crippen LogP contribution in [0, 0.1) is 13.8 Å². The molecule has 1 aromatic heterocycles. The highest BCUT2D eigenvalue weighted by molar-refractivity contribution is 7.98. The zero-order valence-electron chi connectivity index (χ0n) is 7.97.